The van der Waals surface area contributed by atoms with Gasteiger partial charge in [0.2, 0.25) is 0 Å². The molecule has 2 N–H and O–H groups in total. The van der Waals surface area contributed by atoms with Gasteiger partial charge in [-0.25, -0.2) is 0 Å². The van der Waals surface area contributed by atoms with Gasteiger partial charge in [-0.3, -0.25) is 33.9 Å². The fraction of sp³-hybridized carbons (Fsp3) is 0.882. The molecule has 1 aliphatic heterocycles. The Bertz CT molecular complexity index is 992. The number of hydrogen-bond acceptors (Lipinski definition) is 12. The molecule has 46 heavy (non-hydrogen) atoms. The second-order valence-electron chi connectivity index (χ2n) is 16.6. The first-order valence-corrected chi connectivity index (χ1v) is 16.5. The smallest absolute Gasteiger partial charge is 0.323 e. The van der Waals surface area contributed by atoms with Crippen molar-refractivity contribution < 1.29 is 38.1 Å². The highest BCUT2D eigenvalue weighted by molar-refractivity contribution is 5.77. The SMILES string of the molecule is CC(C)(C)OC(=O)CN1CCN(C(CCCCN)C(=O)OC(C)(C)C)CC(C)(N(CC(=O)OC(C)(C)C)CC(=O)OC(C)(C)C)C1. The molecule has 1 heterocycles. The summed E-state index contributed by atoms with van der Waals surface area (Å²) in [5, 5.41) is 0. The molecule has 0 spiro atoms. The summed E-state index contributed by atoms with van der Waals surface area (Å²) in [5.74, 6) is -1.74. The Morgan fingerprint density at radius 3 is 1.59 bits per heavy atom. The quantitative estimate of drug-likeness (QED) is 0.176. The molecule has 0 aromatic rings. The van der Waals surface area contributed by atoms with Crippen molar-refractivity contribution in [3.05, 3.63) is 0 Å². The molecule has 0 saturated carbocycles. The lowest BCUT2D eigenvalue weighted by atomic mass is 9.96. The molecule has 0 radical (unpaired) electrons. The molecule has 0 amide bonds. The van der Waals surface area contributed by atoms with E-state index in [1.807, 2.05) is 53.4 Å². The number of esters is 4. The third-order valence-corrected chi connectivity index (χ3v) is 6.88. The minimum Gasteiger partial charge on any atom is -0.459 e. The molecule has 1 rings (SSSR count). The molecule has 2 unspecified atom stereocenters. The van der Waals surface area contributed by atoms with Crippen molar-refractivity contribution in [1.29, 1.82) is 0 Å². The van der Waals surface area contributed by atoms with Gasteiger partial charge in [0.15, 0.2) is 0 Å². The van der Waals surface area contributed by atoms with E-state index in [1.54, 1.807) is 46.4 Å². The van der Waals surface area contributed by atoms with Crippen molar-refractivity contribution in [1.82, 2.24) is 14.7 Å². The Labute approximate surface area is 277 Å². The second-order valence-corrected chi connectivity index (χ2v) is 16.6. The van der Waals surface area contributed by atoms with Gasteiger partial charge in [-0.2, -0.15) is 0 Å². The standard InChI is InChI=1S/C34H64N4O8/c1-30(2,3)43-26(39)20-36-18-19-37(25(16-14-15-17-35)29(42)46-33(10,11)12)24-34(13,23-36)38(21-27(40)44-31(4,5)6)22-28(41)45-32(7,8)9/h25H,14-24,35H2,1-13H3. The summed E-state index contributed by atoms with van der Waals surface area (Å²) < 4.78 is 22.9. The number of nitrogens with two attached hydrogens (primary N) is 1. The number of ether oxygens (including phenoxy) is 4. The van der Waals surface area contributed by atoms with Crippen LogP contribution in [0.15, 0.2) is 0 Å². The van der Waals surface area contributed by atoms with Crippen molar-refractivity contribution in [2.45, 2.75) is 143 Å². The average molecular weight is 657 g/mol. The summed E-state index contributed by atoms with van der Waals surface area (Å²) in [6, 6.07) is -0.600. The van der Waals surface area contributed by atoms with Crippen LogP contribution in [0.2, 0.25) is 0 Å². The Morgan fingerprint density at radius 2 is 1.15 bits per heavy atom. The van der Waals surface area contributed by atoms with Crippen molar-refractivity contribution >= 4 is 23.9 Å². The minimum atomic E-state index is -0.916. The summed E-state index contributed by atoms with van der Waals surface area (Å²) in [5.41, 5.74) is 2.04. The number of carbonyl (C=O) groups excluding carboxylic acids is 4. The first kappa shape index (κ1) is 41.7. The zero-order chi connectivity index (χ0) is 35.7. The number of hydrogen-bond donors (Lipinski definition) is 1. The van der Waals surface area contributed by atoms with Crippen molar-refractivity contribution in [2.24, 2.45) is 5.73 Å². The molecule has 1 saturated heterocycles. The van der Waals surface area contributed by atoms with Crippen LogP contribution in [-0.2, 0) is 38.1 Å². The van der Waals surface area contributed by atoms with Crippen LogP contribution in [0, 0.1) is 0 Å². The van der Waals surface area contributed by atoms with Gasteiger partial charge in [-0.15, -0.1) is 0 Å². The van der Waals surface area contributed by atoms with Gasteiger partial charge in [-0.1, -0.05) is 6.42 Å². The molecule has 1 fully saturated rings. The van der Waals surface area contributed by atoms with Crippen LogP contribution >= 0.6 is 0 Å². The van der Waals surface area contributed by atoms with Gasteiger partial charge in [0.1, 0.15) is 28.4 Å². The molecular formula is C34H64N4O8. The van der Waals surface area contributed by atoms with Crippen LogP contribution < -0.4 is 5.73 Å². The van der Waals surface area contributed by atoms with Crippen LogP contribution in [-0.4, -0.2) is 125 Å². The highest BCUT2D eigenvalue weighted by Gasteiger charge is 2.44. The summed E-state index contributed by atoms with van der Waals surface area (Å²) >= 11 is 0. The first-order chi connectivity index (χ1) is 20.7. The van der Waals surface area contributed by atoms with Gasteiger partial charge in [0.05, 0.1) is 19.6 Å². The minimum absolute atomic E-state index is 0.00229. The Morgan fingerprint density at radius 1 is 0.696 bits per heavy atom. The summed E-state index contributed by atoms with van der Waals surface area (Å²) in [6.07, 6.45) is 1.99. The molecule has 1 aliphatic rings. The van der Waals surface area contributed by atoms with E-state index in [0.29, 0.717) is 39.1 Å². The van der Waals surface area contributed by atoms with E-state index in [-0.39, 0.29) is 31.6 Å². The summed E-state index contributed by atoms with van der Waals surface area (Å²) in [6.45, 7) is 25.2. The van der Waals surface area contributed by atoms with Crippen molar-refractivity contribution in [3.63, 3.8) is 0 Å². The van der Waals surface area contributed by atoms with Gasteiger partial charge in [0, 0.05) is 31.7 Å². The van der Waals surface area contributed by atoms with Crippen LogP contribution in [0.4, 0.5) is 0 Å². The molecule has 2 atom stereocenters. The average Bonchev–Trinajstić information content (AvgIpc) is 2.95. The maximum atomic E-state index is 13.7. The normalized spacial score (nSPS) is 19.7. The monoisotopic (exact) mass is 656 g/mol. The molecule has 12 heteroatoms. The zero-order valence-corrected chi connectivity index (χ0v) is 31.0. The first-order valence-electron chi connectivity index (χ1n) is 16.5. The maximum Gasteiger partial charge on any atom is 0.323 e. The van der Waals surface area contributed by atoms with Crippen LogP contribution in [0.1, 0.15) is 109 Å². The fourth-order valence-electron chi connectivity index (χ4n) is 5.35. The van der Waals surface area contributed by atoms with E-state index in [1.165, 1.54) is 0 Å². The molecule has 0 aromatic heterocycles. The van der Waals surface area contributed by atoms with Crippen LogP contribution in [0.25, 0.3) is 0 Å². The van der Waals surface area contributed by atoms with Gasteiger partial charge >= 0.3 is 23.9 Å². The van der Waals surface area contributed by atoms with E-state index in [0.717, 1.165) is 12.8 Å². The van der Waals surface area contributed by atoms with Crippen LogP contribution in [0.3, 0.4) is 0 Å². The van der Waals surface area contributed by atoms with E-state index in [4.69, 9.17) is 24.7 Å². The highest BCUT2D eigenvalue weighted by atomic mass is 16.6. The number of rotatable bonds is 13. The van der Waals surface area contributed by atoms with Crippen molar-refractivity contribution in [2.75, 3.05) is 52.4 Å². The predicted octanol–water partition coefficient (Wildman–Crippen LogP) is 3.53. The van der Waals surface area contributed by atoms with Crippen LogP contribution in [0.5, 0.6) is 0 Å². The predicted molar refractivity (Wildman–Crippen MR) is 178 cm³/mol. The van der Waals surface area contributed by atoms with Gasteiger partial charge < -0.3 is 24.7 Å². The van der Waals surface area contributed by atoms with E-state index >= 15 is 0 Å². The maximum absolute atomic E-state index is 13.7. The summed E-state index contributed by atoms with van der Waals surface area (Å²) in [7, 11) is 0. The Kier molecular flexibility index (Phi) is 15.2. The largest absolute Gasteiger partial charge is 0.459 e. The van der Waals surface area contributed by atoms with Crippen molar-refractivity contribution in [3.8, 4) is 0 Å². The lowest BCUT2D eigenvalue weighted by molar-refractivity contribution is -0.167. The second kappa shape index (κ2) is 16.7. The Balaban J connectivity index is 3.66. The topological polar surface area (TPSA) is 141 Å². The number of carbonyl (C=O) groups is 4. The molecule has 0 aliphatic carbocycles. The lowest BCUT2D eigenvalue weighted by Crippen LogP contribution is -2.62. The molecule has 0 aromatic carbocycles. The molecule has 0 bridgehead atoms. The zero-order valence-electron chi connectivity index (χ0n) is 31.0. The third kappa shape index (κ3) is 17.0. The van der Waals surface area contributed by atoms with E-state index < -0.39 is 45.9 Å². The lowest BCUT2D eigenvalue weighted by Gasteiger charge is -2.44. The number of unbranched alkanes of at least 4 members (excludes halogenated alkanes) is 1. The third-order valence-electron chi connectivity index (χ3n) is 6.88. The molecular weight excluding hydrogens is 592 g/mol. The van der Waals surface area contributed by atoms with Gasteiger partial charge in [-0.05, 0) is 109 Å². The highest BCUT2D eigenvalue weighted by Crippen LogP contribution is 2.27. The summed E-state index contributed by atoms with van der Waals surface area (Å²) in [4.78, 5) is 59.0. The number of nitrogens with zero attached hydrogens (tertiary/aromatic N) is 3. The fourth-order valence-corrected chi connectivity index (χ4v) is 5.35. The van der Waals surface area contributed by atoms with Gasteiger partial charge in [0.25, 0.3) is 0 Å². The Hall–Kier alpha value is -2.28. The van der Waals surface area contributed by atoms with E-state index in [2.05, 4.69) is 4.90 Å². The molecule has 268 valence electrons. The molecule has 12 nitrogen and oxygen atoms in total. The van der Waals surface area contributed by atoms with E-state index in [9.17, 15) is 19.2 Å².